The lowest BCUT2D eigenvalue weighted by Gasteiger charge is -2.18. The average molecular weight is 387 g/mol. The summed E-state index contributed by atoms with van der Waals surface area (Å²) in [4.78, 5) is 39.9. The van der Waals surface area contributed by atoms with Crippen LogP contribution in [-0.4, -0.2) is 17.8 Å². The molecule has 0 spiro atoms. The zero-order valence-corrected chi connectivity index (χ0v) is 16.3. The first-order chi connectivity index (χ1) is 13.9. The number of benzene rings is 2. The highest BCUT2D eigenvalue weighted by Gasteiger charge is 2.59. The molecule has 0 unspecified atom stereocenters. The minimum atomic E-state index is -0.516. The van der Waals surface area contributed by atoms with E-state index in [9.17, 15) is 14.4 Å². The second-order valence-electron chi connectivity index (χ2n) is 8.28. The fraction of sp³-hybridized carbons (Fsp3) is 0.292. The summed E-state index contributed by atoms with van der Waals surface area (Å²) in [5.41, 5.74) is 2.75. The van der Waals surface area contributed by atoms with Crippen molar-refractivity contribution in [1.29, 1.82) is 0 Å². The minimum Gasteiger partial charge on any atom is -0.423 e. The Balaban J connectivity index is 1.41. The summed E-state index contributed by atoms with van der Waals surface area (Å²) >= 11 is 0. The Kier molecular flexibility index (Phi) is 3.95. The summed E-state index contributed by atoms with van der Waals surface area (Å²) in [6.07, 6.45) is 5.03. The molecule has 1 saturated heterocycles. The second-order valence-corrected chi connectivity index (χ2v) is 8.28. The molecule has 146 valence electrons. The van der Waals surface area contributed by atoms with Crippen LogP contribution in [0.1, 0.15) is 27.9 Å². The molecular formula is C24H21NO4. The number of rotatable bonds is 3. The largest absolute Gasteiger partial charge is 0.423 e. The first kappa shape index (κ1) is 17.9. The van der Waals surface area contributed by atoms with E-state index >= 15 is 0 Å². The van der Waals surface area contributed by atoms with Crippen LogP contribution in [-0.2, 0) is 9.59 Å². The van der Waals surface area contributed by atoms with Crippen LogP contribution in [0.25, 0.3) is 0 Å². The van der Waals surface area contributed by atoms with Crippen LogP contribution in [0.15, 0.2) is 54.6 Å². The van der Waals surface area contributed by atoms with Gasteiger partial charge in [0.25, 0.3) is 0 Å². The molecule has 5 heteroatoms. The third-order valence-electron chi connectivity index (χ3n) is 6.22. The first-order valence-corrected chi connectivity index (χ1v) is 9.89. The number of fused-ring (bicyclic) bond motifs is 5. The molecule has 2 bridgehead atoms. The number of ether oxygens (including phenoxy) is 1. The summed E-state index contributed by atoms with van der Waals surface area (Å²) in [6, 6.07) is 12.2. The molecule has 0 N–H and O–H groups in total. The Labute approximate surface area is 169 Å². The lowest BCUT2D eigenvalue weighted by atomic mass is 9.85. The number of hydrogen-bond acceptors (Lipinski definition) is 4. The molecule has 1 saturated carbocycles. The smallest absolute Gasteiger partial charge is 0.343 e. The van der Waals surface area contributed by atoms with Crippen LogP contribution in [0.2, 0.25) is 0 Å². The van der Waals surface area contributed by atoms with E-state index in [1.807, 2.05) is 19.9 Å². The van der Waals surface area contributed by atoms with Crippen molar-refractivity contribution in [2.24, 2.45) is 23.7 Å². The molecule has 4 atom stereocenters. The van der Waals surface area contributed by atoms with Crippen molar-refractivity contribution >= 4 is 23.5 Å². The highest BCUT2D eigenvalue weighted by atomic mass is 16.5. The van der Waals surface area contributed by atoms with Gasteiger partial charge in [0.15, 0.2) is 0 Å². The molecule has 2 fully saturated rings. The predicted molar refractivity (Wildman–Crippen MR) is 108 cm³/mol. The van der Waals surface area contributed by atoms with Crippen LogP contribution >= 0.6 is 0 Å². The summed E-state index contributed by atoms with van der Waals surface area (Å²) in [5, 5.41) is 0. The van der Waals surface area contributed by atoms with Crippen molar-refractivity contribution in [3.05, 3.63) is 71.3 Å². The van der Waals surface area contributed by atoms with Crippen molar-refractivity contribution in [3.8, 4) is 5.75 Å². The number of carbonyl (C=O) groups is 3. The van der Waals surface area contributed by atoms with Gasteiger partial charge in [0.1, 0.15) is 5.75 Å². The van der Waals surface area contributed by atoms with Crippen molar-refractivity contribution in [3.63, 3.8) is 0 Å². The second kappa shape index (κ2) is 6.41. The minimum absolute atomic E-state index is 0.156. The van der Waals surface area contributed by atoms with E-state index in [1.54, 1.807) is 36.4 Å². The number of esters is 1. The lowest BCUT2D eigenvalue weighted by molar-refractivity contribution is -0.123. The highest BCUT2D eigenvalue weighted by molar-refractivity contribution is 6.23. The van der Waals surface area contributed by atoms with Gasteiger partial charge >= 0.3 is 5.97 Å². The third kappa shape index (κ3) is 2.80. The summed E-state index contributed by atoms with van der Waals surface area (Å²) in [7, 11) is 0. The number of allylic oxidation sites excluding steroid dienone is 2. The van der Waals surface area contributed by atoms with Crippen LogP contribution in [0, 0.1) is 37.5 Å². The fourth-order valence-electron chi connectivity index (χ4n) is 5.09. The normalized spacial score (nSPS) is 26.9. The van der Waals surface area contributed by atoms with Crippen LogP contribution in [0.3, 0.4) is 0 Å². The Morgan fingerprint density at radius 1 is 0.931 bits per heavy atom. The zero-order valence-electron chi connectivity index (χ0n) is 16.3. The van der Waals surface area contributed by atoms with Gasteiger partial charge in [0.2, 0.25) is 11.8 Å². The molecule has 0 radical (unpaired) electrons. The Hall–Kier alpha value is -3.21. The number of aryl methyl sites for hydroxylation is 2. The molecule has 0 aromatic heterocycles. The monoisotopic (exact) mass is 387 g/mol. The van der Waals surface area contributed by atoms with Gasteiger partial charge in [-0.1, -0.05) is 24.3 Å². The maximum Gasteiger partial charge on any atom is 0.343 e. The Bertz CT molecular complexity index is 1040. The number of anilines is 1. The molecule has 5 nitrogen and oxygen atoms in total. The van der Waals surface area contributed by atoms with Crippen molar-refractivity contribution in [2.75, 3.05) is 4.90 Å². The van der Waals surface area contributed by atoms with Gasteiger partial charge < -0.3 is 4.74 Å². The quantitative estimate of drug-likeness (QED) is 0.347. The molecule has 2 aromatic carbocycles. The third-order valence-corrected chi connectivity index (χ3v) is 6.22. The van der Waals surface area contributed by atoms with Gasteiger partial charge in [-0.25, -0.2) is 9.69 Å². The molecule has 2 aliphatic carbocycles. The van der Waals surface area contributed by atoms with E-state index in [1.165, 1.54) is 4.90 Å². The van der Waals surface area contributed by atoms with Crippen molar-refractivity contribution in [2.45, 2.75) is 20.3 Å². The van der Waals surface area contributed by atoms with E-state index in [-0.39, 0.29) is 35.5 Å². The van der Waals surface area contributed by atoms with Crippen LogP contribution in [0.4, 0.5) is 5.69 Å². The van der Waals surface area contributed by atoms with Gasteiger partial charge in [-0.05, 0) is 73.6 Å². The van der Waals surface area contributed by atoms with E-state index in [0.717, 1.165) is 17.5 Å². The van der Waals surface area contributed by atoms with Crippen LogP contribution in [0.5, 0.6) is 5.75 Å². The standard InChI is InChI=1S/C24H21NO4/c1-13-8-14(2)10-19(9-13)29-24(28)17-4-3-5-18(12-17)25-22(26)20-15-6-7-16(11-15)21(20)23(25)27/h3-10,12,15-16,20-21H,11H2,1-2H3/t15-,16-,20+,21+/m1/s1. The van der Waals surface area contributed by atoms with Gasteiger partial charge in [-0.3, -0.25) is 9.59 Å². The molecule has 2 amide bonds. The number of hydrogen-bond donors (Lipinski definition) is 0. The van der Waals surface area contributed by atoms with E-state index < -0.39 is 5.97 Å². The molecule has 2 aromatic rings. The molecule has 1 aliphatic heterocycles. The maximum absolute atomic E-state index is 13.0. The zero-order chi connectivity index (χ0) is 20.3. The topological polar surface area (TPSA) is 63.7 Å². The molecule has 1 heterocycles. The number of nitrogens with zero attached hydrogens (tertiary/aromatic N) is 1. The van der Waals surface area contributed by atoms with E-state index in [4.69, 9.17) is 4.74 Å². The fourth-order valence-corrected chi connectivity index (χ4v) is 5.09. The number of carbonyl (C=O) groups excluding carboxylic acids is 3. The molecular weight excluding hydrogens is 366 g/mol. The predicted octanol–water partition coefficient (Wildman–Crippen LogP) is 3.83. The van der Waals surface area contributed by atoms with E-state index in [2.05, 4.69) is 12.2 Å². The van der Waals surface area contributed by atoms with Gasteiger partial charge in [-0.2, -0.15) is 0 Å². The lowest BCUT2D eigenvalue weighted by Crippen LogP contribution is -2.33. The van der Waals surface area contributed by atoms with Crippen molar-refractivity contribution in [1.82, 2.24) is 0 Å². The number of imide groups is 1. The Morgan fingerprint density at radius 2 is 1.55 bits per heavy atom. The summed E-state index contributed by atoms with van der Waals surface area (Å²) in [6.45, 7) is 3.88. The van der Waals surface area contributed by atoms with Gasteiger partial charge in [-0.15, -0.1) is 0 Å². The molecule has 5 rings (SSSR count). The maximum atomic E-state index is 13.0. The number of amides is 2. The average Bonchev–Trinajstić information content (AvgIpc) is 3.35. The first-order valence-electron chi connectivity index (χ1n) is 9.89. The summed E-state index contributed by atoms with van der Waals surface area (Å²) in [5.74, 6) is -0.560. The highest BCUT2D eigenvalue weighted by Crippen LogP contribution is 2.53. The SMILES string of the molecule is Cc1cc(C)cc(OC(=O)c2cccc(N3C(=O)[C@@H]4[C@@H](C3=O)[C@@H]3C=C[C@@H]4C3)c2)c1. The van der Waals surface area contributed by atoms with Crippen LogP contribution < -0.4 is 9.64 Å². The van der Waals surface area contributed by atoms with E-state index in [0.29, 0.717) is 17.0 Å². The van der Waals surface area contributed by atoms with Crippen molar-refractivity contribution < 1.29 is 19.1 Å². The van der Waals surface area contributed by atoms with Gasteiger partial charge in [0, 0.05) is 0 Å². The summed E-state index contributed by atoms with van der Waals surface area (Å²) < 4.78 is 5.51. The van der Waals surface area contributed by atoms with Gasteiger partial charge in [0.05, 0.1) is 23.1 Å². The molecule has 3 aliphatic rings. The molecule has 29 heavy (non-hydrogen) atoms. The Morgan fingerprint density at radius 3 is 2.17 bits per heavy atom.